The van der Waals surface area contributed by atoms with Gasteiger partial charge in [-0.2, -0.15) is 0 Å². The fourth-order valence-corrected chi connectivity index (χ4v) is 2.40. The van der Waals surface area contributed by atoms with Gasteiger partial charge in [0.2, 0.25) is 0 Å². The Labute approximate surface area is 136 Å². The first-order valence-electron chi connectivity index (χ1n) is 7.07. The van der Waals surface area contributed by atoms with Crippen LogP contribution in [0.2, 0.25) is 10.0 Å². The Hall–Kier alpha value is -1.22. The minimum absolute atomic E-state index is 0.261. The molecule has 0 aliphatic rings. The average molecular weight is 324 g/mol. The second-order valence-corrected chi connectivity index (χ2v) is 5.71. The Balaban J connectivity index is 2.14. The van der Waals surface area contributed by atoms with Gasteiger partial charge in [-0.3, -0.25) is 0 Å². The van der Waals surface area contributed by atoms with E-state index in [0.29, 0.717) is 21.5 Å². The SMILES string of the molecule is CCCNC(C)c1ccc(Oc2ccccc2Cl)c(Cl)c1. The standard InChI is InChI=1S/C17H19Cl2NO/c1-3-10-20-12(2)13-8-9-17(15(19)11-13)21-16-7-5-4-6-14(16)18/h4-9,11-12,20H,3,10H2,1-2H3. The number of hydrogen-bond donors (Lipinski definition) is 1. The van der Waals surface area contributed by atoms with Gasteiger partial charge in [-0.1, -0.05) is 48.3 Å². The van der Waals surface area contributed by atoms with E-state index >= 15 is 0 Å². The molecule has 0 heterocycles. The van der Waals surface area contributed by atoms with E-state index in [1.807, 2.05) is 36.4 Å². The highest BCUT2D eigenvalue weighted by molar-refractivity contribution is 6.32. The fourth-order valence-electron chi connectivity index (χ4n) is 1.99. The maximum Gasteiger partial charge on any atom is 0.146 e. The van der Waals surface area contributed by atoms with E-state index in [1.54, 1.807) is 6.07 Å². The van der Waals surface area contributed by atoms with Gasteiger partial charge in [-0.25, -0.2) is 0 Å². The van der Waals surface area contributed by atoms with E-state index in [-0.39, 0.29) is 6.04 Å². The Morgan fingerprint density at radius 3 is 2.43 bits per heavy atom. The smallest absolute Gasteiger partial charge is 0.146 e. The molecule has 1 N–H and O–H groups in total. The molecule has 1 atom stereocenters. The summed E-state index contributed by atoms with van der Waals surface area (Å²) in [4.78, 5) is 0. The molecule has 2 aromatic rings. The predicted molar refractivity (Wildman–Crippen MR) is 89.7 cm³/mol. The van der Waals surface area contributed by atoms with E-state index < -0.39 is 0 Å². The van der Waals surface area contributed by atoms with Crippen LogP contribution in [-0.2, 0) is 0 Å². The summed E-state index contributed by atoms with van der Waals surface area (Å²) in [5.74, 6) is 1.21. The lowest BCUT2D eigenvalue weighted by molar-refractivity contribution is 0.482. The molecule has 4 heteroatoms. The highest BCUT2D eigenvalue weighted by Gasteiger charge is 2.10. The first-order valence-corrected chi connectivity index (χ1v) is 7.82. The van der Waals surface area contributed by atoms with Crippen LogP contribution in [0.15, 0.2) is 42.5 Å². The van der Waals surface area contributed by atoms with Crippen LogP contribution in [0.5, 0.6) is 11.5 Å². The average Bonchev–Trinajstić information content (AvgIpc) is 2.49. The van der Waals surface area contributed by atoms with Crippen LogP contribution in [0, 0.1) is 0 Å². The summed E-state index contributed by atoms with van der Waals surface area (Å²) in [6, 6.07) is 13.4. The quantitative estimate of drug-likeness (QED) is 0.720. The summed E-state index contributed by atoms with van der Waals surface area (Å²) >= 11 is 12.4. The van der Waals surface area contributed by atoms with Gasteiger partial charge in [0.05, 0.1) is 10.0 Å². The van der Waals surface area contributed by atoms with Gasteiger partial charge in [0, 0.05) is 6.04 Å². The molecule has 0 fully saturated rings. The van der Waals surface area contributed by atoms with Crippen molar-refractivity contribution < 1.29 is 4.74 Å². The molecular weight excluding hydrogens is 305 g/mol. The van der Waals surface area contributed by atoms with Gasteiger partial charge in [-0.15, -0.1) is 0 Å². The number of ether oxygens (including phenoxy) is 1. The molecule has 2 rings (SSSR count). The number of hydrogen-bond acceptors (Lipinski definition) is 2. The largest absolute Gasteiger partial charge is 0.454 e. The van der Waals surface area contributed by atoms with Crippen molar-refractivity contribution in [2.24, 2.45) is 0 Å². The van der Waals surface area contributed by atoms with Crippen molar-refractivity contribution in [2.75, 3.05) is 6.54 Å². The molecule has 1 unspecified atom stereocenters. The topological polar surface area (TPSA) is 21.3 Å². The van der Waals surface area contributed by atoms with Gasteiger partial charge in [0.15, 0.2) is 0 Å². The van der Waals surface area contributed by atoms with E-state index in [1.165, 1.54) is 0 Å². The molecule has 0 aliphatic carbocycles. The normalized spacial score (nSPS) is 12.2. The zero-order chi connectivity index (χ0) is 15.2. The van der Waals surface area contributed by atoms with Crippen LogP contribution in [0.4, 0.5) is 0 Å². The van der Waals surface area contributed by atoms with Gasteiger partial charge < -0.3 is 10.1 Å². The summed E-state index contributed by atoms with van der Waals surface area (Å²) in [6.45, 7) is 5.25. The second-order valence-electron chi connectivity index (χ2n) is 4.90. The summed E-state index contributed by atoms with van der Waals surface area (Å²) in [5, 5.41) is 4.58. The van der Waals surface area contributed by atoms with Gasteiger partial charge >= 0.3 is 0 Å². The number of rotatable bonds is 6. The van der Waals surface area contributed by atoms with Gasteiger partial charge in [0.1, 0.15) is 11.5 Å². The number of nitrogens with one attached hydrogen (secondary N) is 1. The van der Waals surface area contributed by atoms with Gasteiger partial charge in [0.25, 0.3) is 0 Å². The summed E-state index contributed by atoms with van der Waals surface area (Å²) in [5.41, 5.74) is 1.14. The lowest BCUT2D eigenvalue weighted by Crippen LogP contribution is -2.19. The van der Waals surface area contributed by atoms with E-state index in [0.717, 1.165) is 18.5 Å². The molecule has 112 valence electrons. The second kappa shape index (κ2) is 7.69. The van der Waals surface area contributed by atoms with Crippen molar-refractivity contribution >= 4 is 23.2 Å². The lowest BCUT2D eigenvalue weighted by atomic mass is 10.1. The van der Waals surface area contributed by atoms with Crippen LogP contribution in [-0.4, -0.2) is 6.54 Å². The van der Waals surface area contributed by atoms with E-state index in [2.05, 4.69) is 19.2 Å². The molecule has 0 saturated heterocycles. The summed E-state index contributed by atoms with van der Waals surface area (Å²) in [6.07, 6.45) is 1.10. The molecule has 0 bridgehead atoms. The molecular formula is C17H19Cl2NO. The molecule has 0 saturated carbocycles. The lowest BCUT2D eigenvalue weighted by Gasteiger charge is -2.15. The number of para-hydroxylation sites is 1. The monoisotopic (exact) mass is 323 g/mol. The van der Waals surface area contributed by atoms with E-state index in [4.69, 9.17) is 27.9 Å². The third kappa shape index (κ3) is 4.37. The van der Waals surface area contributed by atoms with Crippen molar-refractivity contribution in [1.82, 2.24) is 5.32 Å². The summed E-state index contributed by atoms with van der Waals surface area (Å²) < 4.78 is 5.77. The molecule has 0 radical (unpaired) electrons. The fraction of sp³-hybridized carbons (Fsp3) is 0.294. The van der Waals surface area contributed by atoms with Crippen LogP contribution in [0.3, 0.4) is 0 Å². The van der Waals surface area contributed by atoms with Crippen LogP contribution >= 0.6 is 23.2 Å². The Morgan fingerprint density at radius 1 is 1.05 bits per heavy atom. The maximum absolute atomic E-state index is 6.31. The minimum atomic E-state index is 0.261. The van der Waals surface area contributed by atoms with Crippen molar-refractivity contribution in [3.63, 3.8) is 0 Å². The zero-order valence-electron chi connectivity index (χ0n) is 12.2. The van der Waals surface area contributed by atoms with Crippen LogP contribution in [0.25, 0.3) is 0 Å². The van der Waals surface area contributed by atoms with Gasteiger partial charge in [-0.05, 0) is 49.7 Å². The maximum atomic E-state index is 6.31. The van der Waals surface area contributed by atoms with Crippen molar-refractivity contribution in [3.05, 3.63) is 58.1 Å². The molecule has 0 aliphatic heterocycles. The highest BCUT2D eigenvalue weighted by atomic mass is 35.5. The molecule has 0 amide bonds. The first kappa shape index (κ1) is 16.2. The first-order chi connectivity index (χ1) is 10.1. The van der Waals surface area contributed by atoms with Crippen molar-refractivity contribution in [3.8, 4) is 11.5 Å². The van der Waals surface area contributed by atoms with Crippen molar-refractivity contribution in [2.45, 2.75) is 26.3 Å². The predicted octanol–water partition coefficient (Wildman–Crippen LogP) is 5.85. The number of halogens is 2. The third-order valence-corrected chi connectivity index (χ3v) is 3.82. The van der Waals surface area contributed by atoms with Crippen LogP contribution < -0.4 is 10.1 Å². The molecule has 2 nitrogen and oxygen atoms in total. The third-order valence-electron chi connectivity index (χ3n) is 3.21. The van der Waals surface area contributed by atoms with E-state index in [9.17, 15) is 0 Å². The van der Waals surface area contributed by atoms with Crippen LogP contribution in [0.1, 0.15) is 31.9 Å². The summed E-state index contributed by atoms with van der Waals surface area (Å²) in [7, 11) is 0. The number of benzene rings is 2. The Bertz CT molecular complexity index is 601. The van der Waals surface area contributed by atoms with Crippen molar-refractivity contribution in [1.29, 1.82) is 0 Å². The molecule has 21 heavy (non-hydrogen) atoms. The molecule has 0 aromatic heterocycles. The Kier molecular flexibility index (Phi) is 5.92. The highest BCUT2D eigenvalue weighted by Crippen LogP contribution is 2.34. The zero-order valence-corrected chi connectivity index (χ0v) is 13.7. The molecule has 0 spiro atoms. The minimum Gasteiger partial charge on any atom is -0.454 e. The molecule has 2 aromatic carbocycles. The Morgan fingerprint density at radius 2 is 1.76 bits per heavy atom.